The molecule has 0 aromatic rings. The summed E-state index contributed by atoms with van der Waals surface area (Å²) in [7, 11) is 0. The van der Waals surface area contributed by atoms with E-state index >= 15 is 0 Å². The average Bonchev–Trinajstić information content (AvgIpc) is 3.15. The third-order valence-electron chi connectivity index (χ3n) is 5.79. The van der Waals surface area contributed by atoms with Gasteiger partial charge >= 0.3 is 0 Å². The summed E-state index contributed by atoms with van der Waals surface area (Å²) in [5, 5.41) is 9.46. The van der Waals surface area contributed by atoms with Gasteiger partial charge < -0.3 is 10.0 Å². The number of carbonyl (C=O) groups is 3. The lowest BCUT2D eigenvalue weighted by Crippen LogP contribution is -2.44. The third kappa shape index (κ3) is 6.25. The number of Topliss-reactive ketones (excluding diaryl/α,β-unsaturated/α-hetero) is 2. The molecule has 7 heteroatoms. The molecule has 1 fully saturated rings. The van der Waals surface area contributed by atoms with Crippen molar-refractivity contribution in [3.63, 3.8) is 0 Å². The van der Waals surface area contributed by atoms with E-state index in [1.807, 2.05) is 32.5 Å². The van der Waals surface area contributed by atoms with Gasteiger partial charge in [0.2, 0.25) is 5.78 Å². The van der Waals surface area contributed by atoms with Crippen LogP contribution in [0.5, 0.6) is 0 Å². The first-order chi connectivity index (χ1) is 13.7. The smallest absolute Gasteiger partial charge is 0.223 e. The van der Waals surface area contributed by atoms with Crippen molar-refractivity contribution in [1.82, 2.24) is 4.90 Å². The summed E-state index contributed by atoms with van der Waals surface area (Å²) in [6.45, 7) is 5.92. The number of nitrogens with zero attached hydrogens (tertiary/aromatic N) is 1. The Labute approximate surface area is 183 Å². The highest BCUT2D eigenvalue weighted by Gasteiger charge is 2.35. The maximum absolute atomic E-state index is 12.7. The predicted molar refractivity (Wildman–Crippen MR) is 121 cm³/mol. The van der Waals surface area contributed by atoms with Crippen LogP contribution in [-0.2, 0) is 14.4 Å². The summed E-state index contributed by atoms with van der Waals surface area (Å²) in [6.07, 6.45) is 8.39. The lowest BCUT2D eigenvalue weighted by Gasteiger charge is -2.30. The van der Waals surface area contributed by atoms with Crippen molar-refractivity contribution >= 4 is 46.3 Å². The van der Waals surface area contributed by atoms with Gasteiger partial charge in [0.1, 0.15) is 4.99 Å². The minimum atomic E-state index is -0.455. The van der Waals surface area contributed by atoms with Crippen LogP contribution < -0.4 is 0 Å². The van der Waals surface area contributed by atoms with Crippen LogP contribution in [-0.4, -0.2) is 50.0 Å². The third-order valence-corrected chi connectivity index (χ3v) is 7.29. The molecular weight excluding hydrogens is 406 g/mol. The van der Waals surface area contributed by atoms with Gasteiger partial charge in [-0.25, -0.2) is 0 Å². The van der Waals surface area contributed by atoms with Crippen LogP contribution >= 0.6 is 24.0 Å². The zero-order valence-electron chi connectivity index (χ0n) is 17.5. The van der Waals surface area contributed by atoms with Crippen LogP contribution in [0, 0.1) is 5.41 Å². The number of hydrogen-bond acceptors (Lipinski definition) is 6. The van der Waals surface area contributed by atoms with Gasteiger partial charge in [-0.2, -0.15) is 0 Å². The van der Waals surface area contributed by atoms with E-state index in [2.05, 4.69) is 4.90 Å². The number of allylic oxidation sites excluding steroid dienone is 3. The van der Waals surface area contributed by atoms with Gasteiger partial charge in [-0.15, -0.1) is 11.8 Å². The second kappa shape index (κ2) is 10.5. The maximum Gasteiger partial charge on any atom is 0.223 e. The number of ketones is 3. The minimum absolute atomic E-state index is 0.0692. The van der Waals surface area contributed by atoms with Crippen LogP contribution in [0.3, 0.4) is 0 Å². The Balaban J connectivity index is 1.72. The summed E-state index contributed by atoms with van der Waals surface area (Å²) >= 11 is 7.35. The fourth-order valence-electron chi connectivity index (χ4n) is 3.40. The number of carbonyl (C=O) groups excluding carboxylic acids is 3. The Morgan fingerprint density at radius 1 is 1.24 bits per heavy atom. The Hall–Kier alpha value is -1.47. The first kappa shape index (κ1) is 23.8. The molecule has 0 radical (unpaired) electrons. The van der Waals surface area contributed by atoms with Crippen LogP contribution in [0.1, 0.15) is 65.7 Å². The van der Waals surface area contributed by atoms with E-state index in [0.717, 1.165) is 56.2 Å². The second-order valence-electron chi connectivity index (χ2n) is 8.38. The fraction of sp³-hybridized carbons (Fsp3) is 0.636. The summed E-state index contributed by atoms with van der Waals surface area (Å²) < 4.78 is 0. The van der Waals surface area contributed by atoms with Gasteiger partial charge in [-0.3, -0.25) is 14.4 Å². The van der Waals surface area contributed by atoms with Gasteiger partial charge in [0.05, 0.1) is 5.88 Å². The topological polar surface area (TPSA) is 74.7 Å². The van der Waals surface area contributed by atoms with E-state index in [1.165, 1.54) is 6.08 Å². The molecular formula is C22H31NO4S2. The molecule has 0 aromatic heterocycles. The molecule has 0 saturated carbocycles. The molecule has 1 aliphatic carbocycles. The Morgan fingerprint density at radius 3 is 2.62 bits per heavy atom. The van der Waals surface area contributed by atoms with Gasteiger partial charge in [-0.1, -0.05) is 52.3 Å². The van der Waals surface area contributed by atoms with E-state index in [0.29, 0.717) is 23.0 Å². The summed E-state index contributed by atoms with van der Waals surface area (Å²) in [4.78, 5) is 38.5. The molecule has 1 N–H and O–H groups in total. The van der Waals surface area contributed by atoms with Crippen molar-refractivity contribution in [2.75, 3.05) is 11.6 Å². The number of aliphatic hydroxyl groups excluding tert-OH is 1. The van der Waals surface area contributed by atoms with E-state index in [-0.39, 0.29) is 11.6 Å². The van der Waals surface area contributed by atoms with E-state index in [1.54, 1.807) is 0 Å². The lowest BCUT2D eigenvalue weighted by molar-refractivity contribution is -0.121. The monoisotopic (exact) mass is 437 g/mol. The SMILES string of the molecule is CCC(C)(C)C(=O)C(=S)N1CSCC1CCCCCCC1=CC(=O)C=C(O)C1=O. The molecule has 1 unspecified atom stereocenters. The van der Waals surface area contributed by atoms with E-state index in [9.17, 15) is 19.5 Å². The number of thiocarbonyl (C=S) groups is 1. The molecule has 0 amide bonds. The zero-order chi connectivity index (χ0) is 21.6. The maximum atomic E-state index is 12.7. The molecule has 1 atom stereocenters. The zero-order valence-corrected chi connectivity index (χ0v) is 19.2. The highest BCUT2D eigenvalue weighted by Crippen LogP contribution is 2.29. The first-order valence-electron chi connectivity index (χ1n) is 10.3. The number of thioether (sulfide) groups is 1. The van der Waals surface area contributed by atoms with E-state index in [4.69, 9.17) is 12.2 Å². The Morgan fingerprint density at radius 2 is 1.93 bits per heavy atom. The number of rotatable bonds is 10. The molecule has 29 heavy (non-hydrogen) atoms. The van der Waals surface area contributed by atoms with Crippen LogP contribution in [0.15, 0.2) is 23.5 Å². The minimum Gasteiger partial charge on any atom is -0.504 e. The van der Waals surface area contributed by atoms with Crippen LogP contribution in [0.4, 0.5) is 0 Å². The quantitative estimate of drug-likeness (QED) is 0.305. The van der Waals surface area contributed by atoms with Crippen molar-refractivity contribution in [3.8, 4) is 0 Å². The van der Waals surface area contributed by atoms with Crippen molar-refractivity contribution in [2.45, 2.75) is 71.8 Å². The summed E-state index contributed by atoms with van der Waals surface area (Å²) in [6, 6.07) is 0.312. The van der Waals surface area contributed by atoms with Crippen molar-refractivity contribution in [2.24, 2.45) is 5.41 Å². The van der Waals surface area contributed by atoms with Crippen molar-refractivity contribution in [3.05, 3.63) is 23.5 Å². The lowest BCUT2D eigenvalue weighted by atomic mass is 9.85. The van der Waals surface area contributed by atoms with Gasteiger partial charge in [0.15, 0.2) is 17.3 Å². The number of hydrogen-bond donors (Lipinski definition) is 1. The van der Waals surface area contributed by atoms with Crippen molar-refractivity contribution in [1.29, 1.82) is 0 Å². The van der Waals surface area contributed by atoms with Crippen LogP contribution in [0.25, 0.3) is 0 Å². The normalized spacial score (nSPS) is 20.0. The van der Waals surface area contributed by atoms with Gasteiger partial charge in [0.25, 0.3) is 0 Å². The molecule has 0 bridgehead atoms. The Kier molecular flexibility index (Phi) is 8.64. The molecule has 1 aliphatic heterocycles. The molecule has 0 spiro atoms. The Bertz CT molecular complexity index is 739. The number of unbranched alkanes of at least 4 members (excludes halogenated alkanes) is 3. The molecule has 5 nitrogen and oxygen atoms in total. The number of aliphatic hydroxyl groups is 1. The van der Waals surface area contributed by atoms with Gasteiger partial charge in [0, 0.05) is 28.9 Å². The van der Waals surface area contributed by atoms with Gasteiger partial charge in [-0.05, 0) is 31.8 Å². The fourth-order valence-corrected chi connectivity index (χ4v) is 5.24. The summed E-state index contributed by atoms with van der Waals surface area (Å²) in [5.74, 6) is 0.637. The molecule has 160 valence electrons. The molecule has 1 saturated heterocycles. The molecule has 1 heterocycles. The highest BCUT2D eigenvalue weighted by molar-refractivity contribution is 7.99. The highest BCUT2D eigenvalue weighted by atomic mass is 32.2. The van der Waals surface area contributed by atoms with E-state index < -0.39 is 17.0 Å². The molecule has 2 rings (SSSR count). The molecule has 2 aliphatic rings. The average molecular weight is 438 g/mol. The standard InChI is InChI=1S/C22H31NO4S2/c1-4-22(2,3)20(27)21(28)23-14-29-13-16(23)10-8-6-5-7-9-15-11-17(24)12-18(25)19(15)26/h11-12,16,25H,4-10,13-14H2,1-3H3. The second-order valence-corrected chi connectivity index (χ2v) is 9.77. The van der Waals surface area contributed by atoms with Crippen LogP contribution in [0.2, 0.25) is 0 Å². The summed E-state index contributed by atoms with van der Waals surface area (Å²) in [5.41, 5.74) is -0.0127. The first-order valence-corrected chi connectivity index (χ1v) is 11.9. The van der Waals surface area contributed by atoms with Crippen molar-refractivity contribution < 1.29 is 19.5 Å². The predicted octanol–water partition coefficient (Wildman–Crippen LogP) is 4.55. The largest absolute Gasteiger partial charge is 0.504 e. The molecule has 0 aromatic carbocycles.